The van der Waals surface area contributed by atoms with Crippen LogP contribution in [0.4, 0.5) is 11.4 Å². The van der Waals surface area contributed by atoms with Crippen LogP contribution in [0.2, 0.25) is 0 Å². The van der Waals surface area contributed by atoms with Crippen LogP contribution < -0.4 is 11.1 Å². The van der Waals surface area contributed by atoms with E-state index in [1.54, 1.807) is 0 Å². The standard InChI is InChI=1S/C16H25N3O/c1-12-4-3-8-19(9-7-12)11-16(20)18-15-6-5-14(17)10-13(15)2/h5-6,10,12H,3-4,7-9,11,17H2,1-2H3,(H,18,20). The molecule has 1 fully saturated rings. The molecule has 2 rings (SSSR count). The number of hydrogen-bond donors (Lipinski definition) is 2. The average Bonchev–Trinajstić information content (AvgIpc) is 2.58. The number of nitrogens with zero attached hydrogens (tertiary/aromatic N) is 1. The second kappa shape index (κ2) is 6.75. The number of likely N-dealkylation sites (tertiary alicyclic amines) is 1. The van der Waals surface area contributed by atoms with Crippen molar-refractivity contribution in [3.63, 3.8) is 0 Å². The van der Waals surface area contributed by atoms with Crippen LogP contribution in [-0.2, 0) is 4.79 Å². The molecule has 4 heteroatoms. The molecule has 1 atom stereocenters. The minimum atomic E-state index is 0.0624. The first-order chi connectivity index (χ1) is 9.54. The quantitative estimate of drug-likeness (QED) is 0.834. The van der Waals surface area contributed by atoms with Crippen LogP contribution in [0.5, 0.6) is 0 Å². The van der Waals surface area contributed by atoms with Crippen LogP contribution in [-0.4, -0.2) is 30.4 Å². The topological polar surface area (TPSA) is 58.4 Å². The Bertz CT molecular complexity index is 473. The number of anilines is 2. The van der Waals surface area contributed by atoms with Crippen LogP contribution >= 0.6 is 0 Å². The number of nitrogens with one attached hydrogen (secondary N) is 1. The highest BCUT2D eigenvalue weighted by atomic mass is 16.2. The summed E-state index contributed by atoms with van der Waals surface area (Å²) in [4.78, 5) is 14.4. The van der Waals surface area contributed by atoms with Crippen molar-refractivity contribution in [2.75, 3.05) is 30.7 Å². The van der Waals surface area contributed by atoms with E-state index in [1.165, 1.54) is 19.3 Å². The Labute approximate surface area is 121 Å². The molecule has 1 aromatic carbocycles. The number of amides is 1. The first-order valence-electron chi connectivity index (χ1n) is 7.43. The van der Waals surface area contributed by atoms with E-state index in [2.05, 4.69) is 17.1 Å². The Morgan fingerprint density at radius 2 is 2.20 bits per heavy atom. The number of hydrogen-bond acceptors (Lipinski definition) is 3. The number of nitrogen functional groups attached to an aromatic ring is 1. The molecular formula is C16H25N3O. The maximum atomic E-state index is 12.1. The molecule has 0 bridgehead atoms. The predicted molar refractivity (Wildman–Crippen MR) is 83.7 cm³/mol. The van der Waals surface area contributed by atoms with E-state index in [1.807, 2.05) is 25.1 Å². The second-order valence-corrected chi connectivity index (χ2v) is 5.93. The molecule has 0 saturated carbocycles. The van der Waals surface area contributed by atoms with Crippen molar-refractivity contribution in [1.82, 2.24) is 4.90 Å². The normalized spacial score (nSPS) is 20.4. The number of carbonyl (C=O) groups excluding carboxylic acids is 1. The summed E-state index contributed by atoms with van der Waals surface area (Å²) in [6.45, 7) is 6.78. The number of carbonyl (C=O) groups is 1. The maximum absolute atomic E-state index is 12.1. The van der Waals surface area contributed by atoms with Crippen molar-refractivity contribution in [3.8, 4) is 0 Å². The molecule has 0 aromatic heterocycles. The van der Waals surface area contributed by atoms with Gasteiger partial charge in [-0.2, -0.15) is 0 Å². The molecule has 20 heavy (non-hydrogen) atoms. The van der Waals surface area contributed by atoms with E-state index in [4.69, 9.17) is 5.73 Å². The van der Waals surface area contributed by atoms with Crippen molar-refractivity contribution in [2.24, 2.45) is 5.92 Å². The van der Waals surface area contributed by atoms with Gasteiger partial charge in [0.15, 0.2) is 0 Å². The molecule has 1 aliphatic rings. The molecule has 1 aliphatic heterocycles. The Morgan fingerprint density at radius 3 is 2.95 bits per heavy atom. The van der Waals surface area contributed by atoms with Gasteiger partial charge in [0.05, 0.1) is 6.54 Å². The van der Waals surface area contributed by atoms with E-state index in [0.29, 0.717) is 6.54 Å². The lowest BCUT2D eigenvalue weighted by Crippen LogP contribution is -2.34. The highest BCUT2D eigenvalue weighted by Gasteiger charge is 2.16. The van der Waals surface area contributed by atoms with Gasteiger partial charge in [-0.15, -0.1) is 0 Å². The zero-order chi connectivity index (χ0) is 14.5. The van der Waals surface area contributed by atoms with E-state index in [9.17, 15) is 4.79 Å². The largest absolute Gasteiger partial charge is 0.399 e. The Balaban J connectivity index is 1.88. The fraction of sp³-hybridized carbons (Fsp3) is 0.562. The first kappa shape index (κ1) is 14.9. The number of nitrogens with two attached hydrogens (primary N) is 1. The lowest BCUT2D eigenvalue weighted by Gasteiger charge is -2.19. The lowest BCUT2D eigenvalue weighted by molar-refractivity contribution is -0.117. The van der Waals surface area contributed by atoms with E-state index >= 15 is 0 Å². The summed E-state index contributed by atoms with van der Waals surface area (Å²) < 4.78 is 0. The zero-order valence-electron chi connectivity index (χ0n) is 12.5. The molecule has 1 amide bonds. The fourth-order valence-corrected chi connectivity index (χ4v) is 2.70. The van der Waals surface area contributed by atoms with E-state index in [0.717, 1.165) is 35.9 Å². The Morgan fingerprint density at radius 1 is 1.40 bits per heavy atom. The first-order valence-corrected chi connectivity index (χ1v) is 7.43. The Hall–Kier alpha value is -1.55. The van der Waals surface area contributed by atoms with Crippen molar-refractivity contribution in [1.29, 1.82) is 0 Å². The lowest BCUT2D eigenvalue weighted by atomic mass is 10.0. The van der Waals surface area contributed by atoms with Gasteiger partial charge in [-0.05, 0) is 69.0 Å². The summed E-state index contributed by atoms with van der Waals surface area (Å²) in [5.41, 5.74) is 8.30. The molecule has 110 valence electrons. The number of rotatable bonds is 3. The van der Waals surface area contributed by atoms with Crippen molar-refractivity contribution in [3.05, 3.63) is 23.8 Å². The molecule has 0 spiro atoms. The van der Waals surface area contributed by atoms with Gasteiger partial charge in [0.1, 0.15) is 0 Å². The molecule has 1 unspecified atom stereocenters. The molecule has 0 radical (unpaired) electrons. The predicted octanol–water partition coefficient (Wildman–Crippen LogP) is 2.64. The van der Waals surface area contributed by atoms with Crippen LogP contribution in [0.15, 0.2) is 18.2 Å². The van der Waals surface area contributed by atoms with Gasteiger partial charge in [0, 0.05) is 11.4 Å². The molecule has 3 N–H and O–H groups in total. The third-order valence-electron chi connectivity index (χ3n) is 4.00. The van der Waals surface area contributed by atoms with Crippen molar-refractivity contribution >= 4 is 17.3 Å². The fourth-order valence-electron chi connectivity index (χ4n) is 2.70. The summed E-state index contributed by atoms with van der Waals surface area (Å²) in [5, 5.41) is 2.98. The number of benzene rings is 1. The summed E-state index contributed by atoms with van der Waals surface area (Å²) >= 11 is 0. The monoisotopic (exact) mass is 275 g/mol. The van der Waals surface area contributed by atoms with Crippen LogP contribution in [0, 0.1) is 12.8 Å². The highest BCUT2D eigenvalue weighted by Crippen LogP contribution is 2.18. The smallest absolute Gasteiger partial charge is 0.238 e. The van der Waals surface area contributed by atoms with Gasteiger partial charge in [0.25, 0.3) is 0 Å². The Kier molecular flexibility index (Phi) is 5.01. The van der Waals surface area contributed by atoms with Crippen LogP contribution in [0.1, 0.15) is 31.7 Å². The van der Waals surface area contributed by atoms with E-state index in [-0.39, 0.29) is 5.91 Å². The summed E-state index contributed by atoms with van der Waals surface area (Å²) in [5.74, 6) is 0.842. The van der Waals surface area contributed by atoms with Gasteiger partial charge >= 0.3 is 0 Å². The summed E-state index contributed by atoms with van der Waals surface area (Å²) in [6, 6.07) is 5.56. The van der Waals surface area contributed by atoms with Crippen LogP contribution in [0.3, 0.4) is 0 Å². The molecule has 1 saturated heterocycles. The van der Waals surface area contributed by atoms with Gasteiger partial charge in [-0.1, -0.05) is 6.92 Å². The third kappa shape index (κ3) is 4.23. The minimum Gasteiger partial charge on any atom is -0.399 e. The molecular weight excluding hydrogens is 250 g/mol. The minimum absolute atomic E-state index is 0.0624. The SMILES string of the molecule is Cc1cc(N)ccc1NC(=O)CN1CCCC(C)CC1. The van der Waals surface area contributed by atoms with E-state index < -0.39 is 0 Å². The maximum Gasteiger partial charge on any atom is 0.238 e. The average molecular weight is 275 g/mol. The zero-order valence-corrected chi connectivity index (χ0v) is 12.5. The van der Waals surface area contributed by atoms with Gasteiger partial charge in [-0.25, -0.2) is 0 Å². The molecule has 1 heterocycles. The third-order valence-corrected chi connectivity index (χ3v) is 4.00. The molecule has 1 aromatic rings. The summed E-state index contributed by atoms with van der Waals surface area (Å²) in [7, 11) is 0. The van der Waals surface area contributed by atoms with Gasteiger partial charge in [-0.3, -0.25) is 9.69 Å². The van der Waals surface area contributed by atoms with Gasteiger partial charge in [0.2, 0.25) is 5.91 Å². The van der Waals surface area contributed by atoms with Crippen LogP contribution in [0.25, 0.3) is 0 Å². The van der Waals surface area contributed by atoms with Crippen molar-refractivity contribution < 1.29 is 4.79 Å². The van der Waals surface area contributed by atoms with Gasteiger partial charge < -0.3 is 11.1 Å². The van der Waals surface area contributed by atoms with Crippen molar-refractivity contribution in [2.45, 2.75) is 33.1 Å². The highest BCUT2D eigenvalue weighted by molar-refractivity contribution is 5.93. The second-order valence-electron chi connectivity index (χ2n) is 5.93. The molecule has 4 nitrogen and oxygen atoms in total. The summed E-state index contributed by atoms with van der Waals surface area (Å²) in [6.07, 6.45) is 3.65. The molecule has 0 aliphatic carbocycles. The number of aryl methyl sites for hydroxylation is 1.